The molecule has 2 aliphatic heterocycles. The predicted octanol–water partition coefficient (Wildman–Crippen LogP) is 0.268. The van der Waals surface area contributed by atoms with Gasteiger partial charge in [0.15, 0.2) is 0 Å². The quantitative estimate of drug-likeness (QED) is 0.572. The Kier molecular flexibility index (Phi) is 2.41. The lowest BCUT2D eigenvalue weighted by molar-refractivity contribution is 0.106. The first-order chi connectivity index (χ1) is 6.28. The maximum absolute atomic E-state index is 6.18. The average Bonchev–Trinajstić information content (AvgIpc) is 2.47. The predicted molar refractivity (Wildman–Crippen MR) is 52.4 cm³/mol. The second-order valence-corrected chi connectivity index (χ2v) is 4.15. The molecular formula is C10H18N2O. The molecule has 0 bridgehead atoms. The van der Waals surface area contributed by atoms with E-state index in [-0.39, 0.29) is 17.6 Å². The molecular weight excluding hydrogens is 164 g/mol. The summed E-state index contributed by atoms with van der Waals surface area (Å²) in [6.45, 7) is 6.70. The van der Waals surface area contributed by atoms with E-state index < -0.39 is 0 Å². The van der Waals surface area contributed by atoms with Crippen LogP contribution < -0.4 is 11.1 Å². The molecule has 1 spiro atoms. The smallest absolute Gasteiger partial charge is 0.0910 e. The third-order valence-electron chi connectivity index (χ3n) is 3.46. The van der Waals surface area contributed by atoms with Gasteiger partial charge < -0.3 is 15.8 Å². The van der Waals surface area contributed by atoms with E-state index in [9.17, 15) is 0 Å². The van der Waals surface area contributed by atoms with Gasteiger partial charge in [0.2, 0.25) is 0 Å². The van der Waals surface area contributed by atoms with E-state index in [0.29, 0.717) is 0 Å². The SMILES string of the molecule is C=C[C@@H]1OCC2(CCNCC2)[C@@H]1N. The van der Waals surface area contributed by atoms with Crippen LogP contribution in [0.1, 0.15) is 12.8 Å². The van der Waals surface area contributed by atoms with Crippen LogP contribution in [0.2, 0.25) is 0 Å². The zero-order valence-corrected chi connectivity index (χ0v) is 7.96. The Morgan fingerprint density at radius 1 is 1.46 bits per heavy atom. The van der Waals surface area contributed by atoms with Gasteiger partial charge in [-0.2, -0.15) is 0 Å². The van der Waals surface area contributed by atoms with Crippen molar-refractivity contribution in [3.8, 4) is 0 Å². The molecule has 0 unspecified atom stereocenters. The Hall–Kier alpha value is -0.380. The van der Waals surface area contributed by atoms with Crippen LogP contribution in [-0.4, -0.2) is 31.8 Å². The number of hydrogen-bond donors (Lipinski definition) is 2. The largest absolute Gasteiger partial charge is 0.372 e. The molecule has 2 fully saturated rings. The molecule has 3 nitrogen and oxygen atoms in total. The first-order valence-corrected chi connectivity index (χ1v) is 4.99. The molecule has 74 valence electrons. The third-order valence-corrected chi connectivity index (χ3v) is 3.46. The monoisotopic (exact) mass is 182 g/mol. The van der Waals surface area contributed by atoms with Gasteiger partial charge in [-0.05, 0) is 25.9 Å². The highest BCUT2D eigenvalue weighted by molar-refractivity contribution is 5.06. The first-order valence-electron chi connectivity index (χ1n) is 4.99. The van der Waals surface area contributed by atoms with Crippen molar-refractivity contribution >= 4 is 0 Å². The van der Waals surface area contributed by atoms with Crippen molar-refractivity contribution in [1.29, 1.82) is 0 Å². The molecule has 0 aromatic carbocycles. The summed E-state index contributed by atoms with van der Waals surface area (Å²) < 4.78 is 5.64. The summed E-state index contributed by atoms with van der Waals surface area (Å²) in [7, 11) is 0. The van der Waals surface area contributed by atoms with E-state index in [0.717, 1.165) is 32.5 Å². The minimum Gasteiger partial charge on any atom is -0.372 e. The fourth-order valence-corrected chi connectivity index (χ4v) is 2.43. The number of hydrogen-bond acceptors (Lipinski definition) is 3. The van der Waals surface area contributed by atoms with Crippen LogP contribution in [0.25, 0.3) is 0 Å². The maximum atomic E-state index is 6.18. The summed E-state index contributed by atoms with van der Waals surface area (Å²) >= 11 is 0. The number of rotatable bonds is 1. The Morgan fingerprint density at radius 2 is 2.15 bits per heavy atom. The number of ether oxygens (including phenoxy) is 1. The summed E-state index contributed by atoms with van der Waals surface area (Å²) in [6.07, 6.45) is 4.18. The van der Waals surface area contributed by atoms with Crippen LogP contribution >= 0.6 is 0 Å². The Labute approximate surface area is 79.3 Å². The second-order valence-electron chi connectivity index (χ2n) is 4.15. The van der Waals surface area contributed by atoms with Gasteiger partial charge in [-0.1, -0.05) is 6.08 Å². The van der Waals surface area contributed by atoms with E-state index in [1.807, 2.05) is 6.08 Å². The first kappa shape index (κ1) is 9.19. The van der Waals surface area contributed by atoms with Crippen molar-refractivity contribution in [3.63, 3.8) is 0 Å². The zero-order valence-electron chi connectivity index (χ0n) is 7.96. The fourth-order valence-electron chi connectivity index (χ4n) is 2.43. The summed E-state index contributed by atoms with van der Waals surface area (Å²) in [5, 5.41) is 3.35. The van der Waals surface area contributed by atoms with Crippen LogP contribution in [0.4, 0.5) is 0 Å². The molecule has 0 radical (unpaired) electrons. The third kappa shape index (κ3) is 1.41. The van der Waals surface area contributed by atoms with E-state index in [4.69, 9.17) is 10.5 Å². The number of nitrogens with one attached hydrogen (secondary N) is 1. The van der Waals surface area contributed by atoms with Gasteiger partial charge in [-0.3, -0.25) is 0 Å². The van der Waals surface area contributed by atoms with Gasteiger partial charge in [0.05, 0.1) is 12.7 Å². The zero-order chi connectivity index (χ0) is 9.31. The lowest BCUT2D eigenvalue weighted by atomic mass is 9.74. The van der Waals surface area contributed by atoms with E-state index >= 15 is 0 Å². The highest BCUT2D eigenvalue weighted by Crippen LogP contribution is 2.39. The normalized spacial score (nSPS) is 37.9. The molecule has 13 heavy (non-hydrogen) atoms. The van der Waals surface area contributed by atoms with Crippen molar-refractivity contribution in [2.24, 2.45) is 11.1 Å². The molecule has 0 aromatic rings. The van der Waals surface area contributed by atoms with Crippen molar-refractivity contribution in [2.45, 2.75) is 25.0 Å². The molecule has 0 saturated carbocycles. The van der Waals surface area contributed by atoms with Crippen LogP contribution in [0.15, 0.2) is 12.7 Å². The summed E-state index contributed by atoms with van der Waals surface area (Å²) in [6, 6.07) is 0.145. The van der Waals surface area contributed by atoms with Crippen LogP contribution in [0, 0.1) is 5.41 Å². The van der Waals surface area contributed by atoms with Crippen molar-refractivity contribution in [2.75, 3.05) is 19.7 Å². The molecule has 2 aliphatic rings. The average molecular weight is 182 g/mol. The molecule has 2 atom stereocenters. The second kappa shape index (κ2) is 3.40. The lowest BCUT2D eigenvalue weighted by Crippen LogP contribution is -2.49. The van der Waals surface area contributed by atoms with Gasteiger partial charge in [0.25, 0.3) is 0 Å². The molecule has 0 aliphatic carbocycles. The van der Waals surface area contributed by atoms with Gasteiger partial charge in [-0.15, -0.1) is 6.58 Å². The molecule has 2 heterocycles. The molecule has 2 saturated heterocycles. The maximum Gasteiger partial charge on any atom is 0.0910 e. The van der Waals surface area contributed by atoms with Gasteiger partial charge in [-0.25, -0.2) is 0 Å². The molecule has 3 N–H and O–H groups in total. The minimum absolute atomic E-state index is 0.0677. The van der Waals surface area contributed by atoms with Gasteiger partial charge >= 0.3 is 0 Å². The highest BCUT2D eigenvalue weighted by atomic mass is 16.5. The summed E-state index contributed by atoms with van der Waals surface area (Å²) in [5.74, 6) is 0. The number of nitrogens with two attached hydrogens (primary N) is 1. The van der Waals surface area contributed by atoms with Crippen LogP contribution in [0.3, 0.4) is 0 Å². The lowest BCUT2D eigenvalue weighted by Gasteiger charge is -2.36. The van der Waals surface area contributed by atoms with E-state index in [1.54, 1.807) is 0 Å². The van der Waals surface area contributed by atoms with Crippen molar-refractivity contribution < 1.29 is 4.74 Å². The summed E-state index contributed by atoms with van der Waals surface area (Å²) in [5.41, 5.74) is 6.40. The Morgan fingerprint density at radius 3 is 2.69 bits per heavy atom. The topological polar surface area (TPSA) is 47.3 Å². The fraction of sp³-hybridized carbons (Fsp3) is 0.800. The van der Waals surface area contributed by atoms with E-state index in [1.165, 1.54) is 0 Å². The minimum atomic E-state index is 0.0677. The molecule has 2 rings (SSSR count). The molecule has 3 heteroatoms. The van der Waals surface area contributed by atoms with Crippen molar-refractivity contribution in [3.05, 3.63) is 12.7 Å². The highest BCUT2D eigenvalue weighted by Gasteiger charge is 2.46. The van der Waals surface area contributed by atoms with E-state index in [2.05, 4.69) is 11.9 Å². The van der Waals surface area contributed by atoms with Crippen LogP contribution in [-0.2, 0) is 4.74 Å². The molecule has 0 aromatic heterocycles. The van der Waals surface area contributed by atoms with Crippen molar-refractivity contribution in [1.82, 2.24) is 5.32 Å². The van der Waals surface area contributed by atoms with Crippen LogP contribution in [0.5, 0.6) is 0 Å². The number of piperidine rings is 1. The summed E-state index contributed by atoms with van der Waals surface area (Å²) in [4.78, 5) is 0. The Balaban J connectivity index is 2.10. The molecule has 0 amide bonds. The van der Waals surface area contributed by atoms with Gasteiger partial charge in [0.1, 0.15) is 0 Å². The Bertz CT molecular complexity index is 199. The van der Waals surface area contributed by atoms with Gasteiger partial charge in [0, 0.05) is 11.5 Å². The standard InChI is InChI=1S/C10H18N2O/c1-2-8-9(11)10(7-13-8)3-5-12-6-4-10/h2,8-9,12H,1,3-7,11H2/t8-,9+/m0/s1.